The largest absolute Gasteiger partial charge is 0.390 e. The van der Waals surface area contributed by atoms with E-state index in [0.717, 1.165) is 4.90 Å². The fourth-order valence-electron chi connectivity index (χ4n) is 3.03. The van der Waals surface area contributed by atoms with E-state index < -0.39 is 35.3 Å². The number of benzene rings is 1. The molecule has 0 saturated carbocycles. The maximum absolute atomic E-state index is 13.2. The highest BCUT2D eigenvalue weighted by Crippen LogP contribution is 2.38. The summed E-state index contributed by atoms with van der Waals surface area (Å²) in [7, 11) is -4.17. The van der Waals surface area contributed by atoms with Gasteiger partial charge in [-0.05, 0) is 24.3 Å². The highest BCUT2D eigenvalue weighted by molar-refractivity contribution is 7.99. The number of hydrogen-bond donors (Lipinski definition) is 3. The van der Waals surface area contributed by atoms with Crippen LogP contribution in [-0.4, -0.2) is 52.1 Å². The number of nitrogens with two attached hydrogens (primary N) is 2. The zero-order valence-corrected chi connectivity index (χ0v) is 16.9. The number of halogens is 1. The van der Waals surface area contributed by atoms with Crippen molar-refractivity contribution in [3.05, 3.63) is 36.4 Å². The van der Waals surface area contributed by atoms with E-state index >= 15 is 0 Å². The molecule has 1 fully saturated rings. The molecule has 1 aliphatic heterocycles. The first-order chi connectivity index (χ1) is 14.2. The summed E-state index contributed by atoms with van der Waals surface area (Å²) in [6.45, 7) is -0.440. The van der Waals surface area contributed by atoms with E-state index in [9.17, 15) is 17.9 Å². The van der Waals surface area contributed by atoms with Gasteiger partial charge in [0.2, 0.25) is 0 Å². The van der Waals surface area contributed by atoms with Gasteiger partial charge in [-0.15, -0.1) is 0 Å². The van der Waals surface area contributed by atoms with E-state index in [0.29, 0.717) is 16.1 Å². The fourth-order valence-corrected chi connectivity index (χ4v) is 4.27. The molecule has 4 rings (SSSR count). The van der Waals surface area contributed by atoms with Crippen LogP contribution in [0.5, 0.6) is 0 Å². The number of fused-ring (bicyclic) bond motifs is 1. The molecule has 0 spiro atoms. The number of aliphatic hydroxyl groups excluding tert-OH is 1. The summed E-state index contributed by atoms with van der Waals surface area (Å²) < 4.78 is 46.9. The van der Waals surface area contributed by atoms with Crippen molar-refractivity contribution in [2.24, 2.45) is 5.14 Å². The van der Waals surface area contributed by atoms with Crippen molar-refractivity contribution in [2.45, 2.75) is 34.8 Å². The molecule has 11 nitrogen and oxygen atoms in total. The predicted molar refractivity (Wildman–Crippen MR) is 104 cm³/mol. The monoisotopic (exact) mass is 456 g/mol. The van der Waals surface area contributed by atoms with Gasteiger partial charge in [-0.3, -0.25) is 4.18 Å². The molecule has 3 heterocycles. The second-order valence-electron chi connectivity index (χ2n) is 6.47. The van der Waals surface area contributed by atoms with Crippen LogP contribution in [0.1, 0.15) is 12.6 Å². The predicted octanol–water partition coefficient (Wildman–Crippen LogP) is 0.567. The van der Waals surface area contributed by atoms with Gasteiger partial charge in [0.05, 0.1) is 18.1 Å². The zero-order chi connectivity index (χ0) is 21.5. The highest BCUT2D eigenvalue weighted by atomic mass is 32.2. The van der Waals surface area contributed by atoms with Crippen molar-refractivity contribution >= 4 is 38.9 Å². The lowest BCUT2D eigenvalue weighted by atomic mass is 10.2. The second-order valence-corrected chi connectivity index (χ2v) is 8.76. The van der Waals surface area contributed by atoms with Crippen molar-refractivity contribution in [1.82, 2.24) is 19.7 Å². The topological polar surface area (TPSA) is 168 Å². The first kappa shape index (κ1) is 20.9. The molecule has 160 valence electrons. The highest BCUT2D eigenvalue weighted by Gasteiger charge is 2.38. The Morgan fingerprint density at radius 3 is 2.77 bits per heavy atom. The van der Waals surface area contributed by atoms with Crippen molar-refractivity contribution in [2.75, 3.05) is 12.3 Å². The number of nitrogen functional groups attached to an aromatic ring is 1. The molecule has 0 unspecified atom stereocenters. The quantitative estimate of drug-likeness (QED) is 0.476. The molecule has 3 aromatic rings. The summed E-state index contributed by atoms with van der Waals surface area (Å²) in [5, 5.41) is 20.5. The first-order valence-electron chi connectivity index (χ1n) is 8.64. The van der Waals surface area contributed by atoms with Crippen LogP contribution < -0.4 is 10.9 Å². The molecule has 1 saturated heterocycles. The Bertz CT molecular complexity index is 1170. The summed E-state index contributed by atoms with van der Waals surface area (Å²) in [6, 6.07) is 5.85. The lowest BCUT2D eigenvalue weighted by molar-refractivity contribution is -0.0415. The van der Waals surface area contributed by atoms with Gasteiger partial charge in [-0.1, -0.05) is 11.8 Å². The number of hydrogen-bond acceptors (Lipinski definition) is 10. The van der Waals surface area contributed by atoms with Crippen LogP contribution in [-0.2, 0) is 19.2 Å². The lowest BCUT2D eigenvalue weighted by Crippen LogP contribution is -2.30. The maximum Gasteiger partial charge on any atom is 0.333 e. The van der Waals surface area contributed by atoms with Crippen molar-refractivity contribution in [3.63, 3.8) is 0 Å². The molecule has 0 aliphatic carbocycles. The van der Waals surface area contributed by atoms with Crippen LogP contribution in [0.2, 0.25) is 0 Å². The van der Waals surface area contributed by atoms with Gasteiger partial charge in [0.1, 0.15) is 29.1 Å². The molecule has 0 amide bonds. The summed E-state index contributed by atoms with van der Waals surface area (Å²) >= 11 is 1.24. The molecule has 1 aliphatic rings. The molecule has 14 heteroatoms. The Morgan fingerprint density at radius 1 is 1.33 bits per heavy atom. The van der Waals surface area contributed by atoms with Gasteiger partial charge in [0.15, 0.2) is 11.9 Å². The van der Waals surface area contributed by atoms with Crippen molar-refractivity contribution in [3.8, 4) is 0 Å². The third-order valence-electron chi connectivity index (χ3n) is 4.39. The van der Waals surface area contributed by atoms with Crippen LogP contribution >= 0.6 is 11.8 Å². The van der Waals surface area contributed by atoms with Crippen molar-refractivity contribution < 1.29 is 26.8 Å². The number of nitrogens with zero attached hydrogens (tertiary/aromatic N) is 4. The number of aromatic nitrogens is 4. The van der Waals surface area contributed by atoms with E-state index in [4.69, 9.17) is 15.6 Å². The summed E-state index contributed by atoms with van der Waals surface area (Å²) in [5.41, 5.74) is 6.40. The van der Waals surface area contributed by atoms with Gasteiger partial charge in [0, 0.05) is 11.3 Å². The van der Waals surface area contributed by atoms with Crippen LogP contribution in [0, 0.1) is 5.82 Å². The Balaban J connectivity index is 1.65. The van der Waals surface area contributed by atoms with E-state index in [2.05, 4.69) is 19.2 Å². The average molecular weight is 456 g/mol. The fraction of sp³-hybridized carbons (Fsp3) is 0.312. The van der Waals surface area contributed by atoms with Crippen LogP contribution in [0.4, 0.5) is 10.2 Å². The van der Waals surface area contributed by atoms with Gasteiger partial charge >= 0.3 is 10.3 Å². The third-order valence-corrected chi connectivity index (χ3v) is 5.84. The minimum absolute atomic E-state index is 0.111. The molecular weight excluding hydrogens is 439 g/mol. The third kappa shape index (κ3) is 4.38. The molecule has 3 atom stereocenters. The SMILES string of the molecule is Nc1ncnc2c1c(Sc1ccc(F)cc1)nn2[C@H]1C[C@H](O)[C@@H](COS(N)(=O)=O)O1. The van der Waals surface area contributed by atoms with Crippen LogP contribution in [0.15, 0.2) is 40.5 Å². The average Bonchev–Trinajstić information content (AvgIpc) is 3.23. The van der Waals surface area contributed by atoms with Gasteiger partial charge in [-0.2, -0.15) is 13.5 Å². The summed E-state index contributed by atoms with van der Waals surface area (Å²) in [6.07, 6.45) is -1.31. The standard InChI is InChI=1S/C16H17FN6O5S2/c17-8-1-3-9(4-2-8)29-16-13-14(18)20-7-21-15(13)23(22-16)12-5-10(24)11(28-12)6-27-30(19,25)26/h1-4,7,10-12,24H,5-6H2,(H2,18,20,21)(H2,19,25,26)/t10-,11+,12+/m0/s1. The number of ether oxygens (including phenoxy) is 1. The van der Waals surface area contributed by atoms with E-state index in [1.54, 1.807) is 12.1 Å². The molecule has 1 aromatic carbocycles. The molecule has 2 aromatic heterocycles. The molecular formula is C16H17FN6O5S2. The number of rotatable bonds is 6. The van der Waals surface area contributed by atoms with E-state index in [1.807, 2.05) is 0 Å². The lowest BCUT2D eigenvalue weighted by Gasteiger charge is -2.14. The minimum Gasteiger partial charge on any atom is -0.390 e. The van der Waals surface area contributed by atoms with E-state index in [1.165, 1.54) is 34.9 Å². The Morgan fingerprint density at radius 2 is 2.07 bits per heavy atom. The van der Waals surface area contributed by atoms with E-state index in [-0.39, 0.29) is 18.1 Å². The Kier molecular flexibility index (Phi) is 5.61. The normalized spacial score (nSPS) is 22.0. The minimum atomic E-state index is -4.17. The molecule has 0 radical (unpaired) electrons. The number of aliphatic hydroxyl groups is 1. The van der Waals surface area contributed by atoms with Crippen LogP contribution in [0.3, 0.4) is 0 Å². The summed E-state index contributed by atoms with van der Waals surface area (Å²) in [5.74, 6) is -0.165. The number of anilines is 1. The van der Waals surface area contributed by atoms with Crippen LogP contribution in [0.25, 0.3) is 11.0 Å². The Labute approximate surface area is 174 Å². The second kappa shape index (κ2) is 8.05. The van der Waals surface area contributed by atoms with Gasteiger partial charge < -0.3 is 15.6 Å². The molecule has 5 N–H and O–H groups in total. The smallest absolute Gasteiger partial charge is 0.333 e. The molecule has 30 heavy (non-hydrogen) atoms. The Hall–Kier alpha value is -2.36. The summed E-state index contributed by atoms with van der Waals surface area (Å²) in [4.78, 5) is 8.95. The maximum atomic E-state index is 13.2. The molecule has 0 bridgehead atoms. The zero-order valence-electron chi connectivity index (χ0n) is 15.3. The van der Waals surface area contributed by atoms with Gasteiger partial charge in [-0.25, -0.2) is 24.2 Å². The first-order valence-corrected chi connectivity index (χ1v) is 10.9. The van der Waals surface area contributed by atoms with Gasteiger partial charge in [0.25, 0.3) is 0 Å². The van der Waals surface area contributed by atoms with Crippen molar-refractivity contribution in [1.29, 1.82) is 0 Å².